The van der Waals surface area contributed by atoms with Crippen LogP contribution < -0.4 is 10.6 Å². The maximum absolute atomic E-state index is 13.8. The maximum atomic E-state index is 13.8. The lowest BCUT2D eigenvalue weighted by Crippen LogP contribution is -2.43. The van der Waals surface area contributed by atoms with Crippen LogP contribution >= 0.6 is 11.6 Å². The van der Waals surface area contributed by atoms with Gasteiger partial charge in [0.15, 0.2) is 0 Å². The third-order valence-corrected chi connectivity index (χ3v) is 5.05. The summed E-state index contributed by atoms with van der Waals surface area (Å²) >= 11 is 5.90. The molecule has 5 nitrogen and oxygen atoms in total. The summed E-state index contributed by atoms with van der Waals surface area (Å²) in [5.74, 6) is -1.38. The highest BCUT2D eigenvalue weighted by Crippen LogP contribution is 2.21. The van der Waals surface area contributed by atoms with E-state index in [-0.39, 0.29) is 28.4 Å². The van der Waals surface area contributed by atoms with Crippen LogP contribution in [0.5, 0.6) is 0 Å². The average Bonchev–Trinajstić information content (AvgIpc) is 2.68. The summed E-state index contributed by atoms with van der Waals surface area (Å²) in [4.78, 5) is 26.1. The number of carbonyl (C=O) groups is 2. The average molecular weight is 408 g/mol. The zero-order valence-electron chi connectivity index (χ0n) is 15.1. The molecule has 0 saturated carbocycles. The quantitative estimate of drug-likeness (QED) is 0.794. The van der Waals surface area contributed by atoms with E-state index in [1.165, 1.54) is 42.5 Å². The molecule has 28 heavy (non-hydrogen) atoms. The maximum Gasteiger partial charge on any atom is 0.321 e. The zero-order chi connectivity index (χ0) is 20.1. The van der Waals surface area contributed by atoms with E-state index in [0.29, 0.717) is 38.2 Å². The number of anilines is 1. The minimum atomic E-state index is -0.655. The highest BCUT2D eigenvalue weighted by Gasteiger charge is 2.24. The van der Waals surface area contributed by atoms with E-state index in [1.54, 1.807) is 4.90 Å². The molecule has 148 valence electrons. The van der Waals surface area contributed by atoms with Crippen molar-refractivity contribution in [3.8, 4) is 0 Å². The molecule has 1 saturated heterocycles. The number of urea groups is 1. The standard InChI is InChI=1S/C20H20ClF2N3O2/c21-16-2-1-3-17(23)18(16)19(27)24-12-13-8-10-26(11-9-13)20(28)25-15-6-4-14(22)5-7-15/h1-7,13H,8-12H2,(H,24,27)(H,25,28). The number of piperidine rings is 1. The number of carbonyl (C=O) groups excluding carboxylic acids is 2. The van der Waals surface area contributed by atoms with E-state index >= 15 is 0 Å². The number of hydrogen-bond acceptors (Lipinski definition) is 2. The molecular weight excluding hydrogens is 388 g/mol. The molecule has 2 aromatic rings. The number of likely N-dealkylation sites (tertiary alicyclic amines) is 1. The number of nitrogens with zero attached hydrogens (tertiary/aromatic N) is 1. The molecule has 0 spiro atoms. The third kappa shape index (κ3) is 4.98. The molecule has 8 heteroatoms. The van der Waals surface area contributed by atoms with Crippen LogP contribution in [-0.4, -0.2) is 36.5 Å². The first-order chi connectivity index (χ1) is 13.4. The number of nitrogens with one attached hydrogen (secondary N) is 2. The number of benzene rings is 2. The summed E-state index contributed by atoms with van der Waals surface area (Å²) in [5.41, 5.74) is 0.378. The molecule has 2 aromatic carbocycles. The summed E-state index contributed by atoms with van der Waals surface area (Å²) in [6.45, 7) is 1.46. The third-order valence-electron chi connectivity index (χ3n) is 4.74. The van der Waals surface area contributed by atoms with Crippen molar-refractivity contribution in [1.82, 2.24) is 10.2 Å². The van der Waals surface area contributed by atoms with Gasteiger partial charge >= 0.3 is 6.03 Å². The molecule has 1 aliphatic rings. The Bertz CT molecular complexity index is 833. The molecule has 3 amide bonds. The van der Waals surface area contributed by atoms with Gasteiger partial charge in [-0.25, -0.2) is 13.6 Å². The van der Waals surface area contributed by atoms with Crippen molar-refractivity contribution in [1.29, 1.82) is 0 Å². The minimum absolute atomic E-state index is 0.0739. The fourth-order valence-electron chi connectivity index (χ4n) is 3.12. The molecule has 0 aromatic heterocycles. The Morgan fingerprint density at radius 1 is 1.07 bits per heavy atom. The molecule has 3 rings (SSSR count). The van der Waals surface area contributed by atoms with Crippen LogP contribution in [0, 0.1) is 17.6 Å². The lowest BCUT2D eigenvalue weighted by atomic mass is 9.97. The SMILES string of the molecule is O=C(NCC1CCN(C(=O)Nc2ccc(F)cc2)CC1)c1c(F)cccc1Cl. The molecule has 0 bridgehead atoms. The van der Waals surface area contributed by atoms with Crippen molar-refractivity contribution < 1.29 is 18.4 Å². The molecule has 2 N–H and O–H groups in total. The second kappa shape index (κ2) is 9.01. The van der Waals surface area contributed by atoms with Gasteiger partial charge in [0.2, 0.25) is 0 Å². The van der Waals surface area contributed by atoms with Crippen molar-refractivity contribution in [2.75, 3.05) is 25.0 Å². The van der Waals surface area contributed by atoms with Gasteiger partial charge < -0.3 is 15.5 Å². The number of hydrogen-bond donors (Lipinski definition) is 2. The van der Waals surface area contributed by atoms with Gasteiger partial charge in [-0.15, -0.1) is 0 Å². The Kier molecular flexibility index (Phi) is 6.46. The van der Waals surface area contributed by atoms with E-state index in [2.05, 4.69) is 10.6 Å². The lowest BCUT2D eigenvalue weighted by Gasteiger charge is -2.32. The zero-order valence-corrected chi connectivity index (χ0v) is 15.8. The summed E-state index contributed by atoms with van der Waals surface area (Å²) in [7, 11) is 0. The summed E-state index contributed by atoms with van der Waals surface area (Å²) in [6.07, 6.45) is 1.42. The van der Waals surface area contributed by atoms with Crippen LogP contribution in [-0.2, 0) is 0 Å². The van der Waals surface area contributed by atoms with Crippen molar-refractivity contribution in [2.24, 2.45) is 5.92 Å². The van der Waals surface area contributed by atoms with Crippen LogP contribution in [0.2, 0.25) is 5.02 Å². The van der Waals surface area contributed by atoms with Gasteiger partial charge in [0.05, 0.1) is 10.6 Å². The molecule has 0 radical (unpaired) electrons. The molecule has 1 heterocycles. The van der Waals surface area contributed by atoms with Gasteiger partial charge in [0.25, 0.3) is 5.91 Å². The number of halogens is 3. The predicted molar refractivity (Wildman–Crippen MR) is 103 cm³/mol. The molecule has 0 atom stereocenters. The van der Waals surface area contributed by atoms with Crippen molar-refractivity contribution >= 4 is 29.2 Å². The van der Waals surface area contributed by atoms with Gasteiger partial charge in [-0.1, -0.05) is 17.7 Å². The van der Waals surface area contributed by atoms with E-state index in [0.717, 1.165) is 0 Å². The molecular formula is C20H20ClF2N3O2. The first kappa shape index (κ1) is 20.1. The van der Waals surface area contributed by atoms with Crippen molar-refractivity contribution in [2.45, 2.75) is 12.8 Å². The molecule has 1 aliphatic heterocycles. The fourth-order valence-corrected chi connectivity index (χ4v) is 3.36. The topological polar surface area (TPSA) is 61.4 Å². The lowest BCUT2D eigenvalue weighted by molar-refractivity contribution is 0.0935. The fraction of sp³-hybridized carbons (Fsp3) is 0.300. The van der Waals surface area contributed by atoms with Gasteiger partial charge in [-0.3, -0.25) is 4.79 Å². The largest absolute Gasteiger partial charge is 0.352 e. The highest BCUT2D eigenvalue weighted by molar-refractivity contribution is 6.33. The molecule has 0 aliphatic carbocycles. The Morgan fingerprint density at radius 3 is 2.39 bits per heavy atom. The number of amides is 3. The van der Waals surface area contributed by atoms with Crippen LogP contribution in [0.25, 0.3) is 0 Å². The van der Waals surface area contributed by atoms with Crippen LogP contribution in [0.3, 0.4) is 0 Å². The summed E-state index contributed by atoms with van der Waals surface area (Å²) < 4.78 is 26.7. The minimum Gasteiger partial charge on any atom is -0.352 e. The van der Waals surface area contributed by atoms with Crippen LogP contribution in [0.4, 0.5) is 19.3 Å². The monoisotopic (exact) mass is 407 g/mol. The Balaban J connectivity index is 1.45. The first-order valence-corrected chi connectivity index (χ1v) is 9.35. The number of rotatable bonds is 4. The van der Waals surface area contributed by atoms with Gasteiger partial charge in [0, 0.05) is 25.3 Å². The van der Waals surface area contributed by atoms with E-state index in [4.69, 9.17) is 11.6 Å². The normalized spacial score (nSPS) is 14.6. The van der Waals surface area contributed by atoms with Crippen molar-refractivity contribution in [3.05, 3.63) is 64.7 Å². The van der Waals surface area contributed by atoms with Crippen molar-refractivity contribution in [3.63, 3.8) is 0 Å². The highest BCUT2D eigenvalue weighted by atomic mass is 35.5. The van der Waals surface area contributed by atoms with E-state index in [1.807, 2.05) is 0 Å². The summed E-state index contributed by atoms with van der Waals surface area (Å²) in [5, 5.41) is 5.53. The van der Waals surface area contributed by atoms with E-state index in [9.17, 15) is 18.4 Å². The second-order valence-corrected chi connectivity index (χ2v) is 7.08. The smallest absolute Gasteiger partial charge is 0.321 e. The first-order valence-electron chi connectivity index (χ1n) is 8.97. The van der Waals surface area contributed by atoms with Crippen LogP contribution in [0.1, 0.15) is 23.2 Å². The molecule has 1 fully saturated rings. The van der Waals surface area contributed by atoms with Gasteiger partial charge in [-0.2, -0.15) is 0 Å². The Morgan fingerprint density at radius 2 is 1.75 bits per heavy atom. The van der Waals surface area contributed by atoms with E-state index < -0.39 is 11.7 Å². The molecule has 0 unspecified atom stereocenters. The van der Waals surface area contributed by atoms with Crippen LogP contribution in [0.15, 0.2) is 42.5 Å². The Hall–Kier alpha value is -2.67. The Labute approximate surface area is 166 Å². The summed E-state index contributed by atoms with van der Waals surface area (Å²) in [6, 6.07) is 9.44. The predicted octanol–water partition coefficient (Wildman–Crippen LogP) is 4.29. The second-order valence-electron chi connectivity index (χ2n) is 6.67. The van der Waals surface area contributed by atoms with Gasteiger partial charge in [0.1, 0.15) is 11.6 Å². The van der Waals surface area contributed by atoms with Gasteiger partial charge in [-0.05, 0) is 55.2 Å².